The minimum atomic E-state index is -0.443. The molecule has 0 aliphatic heterocycles. The minimum absolute atomic E-state index is 0.155. The third kappa shape index (κ3) is 6.38. The van der Waals surface area contributed by atoms with Gasteiger partial charge in [0.25, 0.3) is 5.56 Å². The maximum absolute atomic E-state index is 13.9. The normalized spacial score (nSPS) is 11.5. The van der Waals surface area contributed by atoms with E-state index in [0.717, 1.165) is 45.1 Å². The summed E-state index contributed by atoms with van der Waals surface area (Å²) in [5, 5.41) is 5.25. The van der Waals surface area contributed by atoms with Gasteiger partial charge in [0, 0.05) is 28.2 Å². The number of fused-ring (bicyclic) bond motifs is 1. The number of aromatic nitrogens is 3. The molecular weight excluding hydrogens is 568 g/mol. The van der Waals surface area contributed by atoms with E-state index >= 15 is 0 Å². The zero-order valence-corrected chi connectivity index (χ0v) is 26.7. The van der Waals surface area contributed by atoms with Gasteiger partial charge in [0.2, 0.25) is 0 Å². The quantitative estimate of drug-likeness (QED) is 0.129. The number of hydrogen-bond donors (Lipinski definition) is 0. The van der Waals surface area contributed by atoms with Crippen LogP contribution in [0.3, 0.4) is 0 Å². The highest BCUT2D eigenvalue weighted by Gasteiger charge is 2.19. The number of hydrogen-bond acceptors (Lipinski definition) is 7. The van der Waals surface area contributed by atoms with Crippen molar-refractivity contribution in [3.05, 3.63) is 105 Å². The zero-order chi connectivity index (χ0) is 32.2. The van der Waals surface area contributed by atoms with Crippen LogP contribution >= 0.6 is 0 Å². The van der Waals surface area contributed by atoms with Gasteiger partial charge in [-0.05, 0) is 99.3 Å². The maximum atomic E-state index is 13.9. The molecule has 232 valence electrons. The molecule has 9 nitrogen and oxygen atoms in total. The topological polar surface area (TPSA) is 96.9 Å². The molecule has 0 N–H and O–H groups in total. The Morgan fingerprint density at radius 1 is 1.00 bits per heavy atom. The number of methoxy groups -OCH3 is 1. The van der Waals surface area contributed by atoms with E-state index in [9.17, 15) is 9.59 Å². The van der Waals surface area contributed by atoms with E-state index in [1.807, 2.05) is 82.3 Å². The summed E-state index contributed by atoms with van der Waals surface area (Å²) >= 11 is 0. The van der Waals surface area contributed by atoms with Crippen LogP contribution in [0.4, 0.5) is 0 Å². The standard InChI is InChI=1S/C36H38N4O5/c1-8-44-33-17-23(4)31(19-30(33)22(2)3)35-38-32-12-10-9-11-29(32)36(42)40(35)37-20-26-18-24(5)39(25(26)6)27-13-15-28(16-14-27)45-21-34(41)43-7/h9-20,22H,8,21H2,1-7H3. The summed E-state index contributed by atoms with van der Waals surface area (Å²) in [6.45, 7) is 12.6. The molecule has 0 amide bonds. The summed E-state index contributed by atoms with van der Waals surface area (Å²) in [6, 6.07) is 20.9. The van der Waals surface area contributed by atoms with Crippen molar-refractivity contribution < 1.29 is 19.0 Å². The molecule has 0 fully saturated rings. The van der Waals surface area contributed by atoms with Crippen LogP contribution in [-0.4, -0.2) is 46.7 Å². The molecule has 0 saturated heterocycles. The Bertz CT molecular complexity index is 1950. The SMILES string of the molecule is CCOc1cc(C)c(-c2nc3ccccc3c(=O)n2N=Cc2cc(C)n(-c3ccc(OCC(=O)OC)cc3)c2C)cc1C(C)C. The van der Waals surface area contributed by atoms with Crippen LogP contribution in [0, 0.1) is 20.8 Å². The Balaban J connectivity index is 1.58. The second-order valence-corrected chi connectivity index (χ2v) is 11.1. The summed E-state index contributed by atoms with van der Waals surface area (Å²) in [6.07, 6.45) is 1.71. The van der Waals surface area contributed by atoms with Gasteiger partial charge >= 0.3 is 5.97 Å². The van der Waals surface area contributed by atoms with Crippen LogP contribution in [0.5, 0.6) is 11.5 Å². The molecule has 45 heavy (non-hydrogen) atoms. The largest absolute Gasteiger partial charge is 0.494 e. The van der Waals surface area contributed by atoms with Crippen molar-refractivity contribution in [2.24, 2.45) is 5.10 Å². The Kier molecular flexibility index (Phi) is 9.18. The van der Waals surface area contributed by atoms with E-state index in [1.165, 1.54) is 11.8 Å². The number of esters is 1. The zero-order valence-electron chi connectivity index (χ0n) is 26.7. The minimum Gasteiger partial charge on any atom is -0.494 e. The van der Waals surface area contributed by atoms with E-state index in [1.54, 1.807) is 12.3 Å². The van der Waals surface area contributed by atoms with Crippen molar-refractivity contribution >= 4 is 23.1 Å². The van der Waals surface area contributed by atoms with Crippen LogP contribution in [-0.2, 0) is 9.53 Å². The molecule has 2 aromatic heterocycles. The molecule has 0 saturated carbocycles. The van der Waals surface area contributed by atoms with Gasteiger partial charge in [-0.1, -0.05) is 26.0 Å². The fraction of sp³-hybridized carbons (Fsp3) is 0.278. The Hall–Kier alpha value is -5.18. The molecular formula is C36H38N4O5. The third-order valence-corrected chi connectivity index (χ3v) is 7.74. The lowest BCUT2D eigenvalue weighted by Gasteiger charge is -2.18. The molecule has 2 heterocycles. The summed E-state index contributed by atoms with van der Waals surface area (Å²) in [5.74, 6) is 1.63. The molecule has 0 bridgehead atoms. The third-order valence-electron chi connectivity index (χ3n) is 7.74. The first-order valence-corrected chi connectivity index (χ1v) is 15.0. The monoisotopic (exact) mass is 606 g/mol. The number of nitrogens with zero attached hydrogens (tertiary/aromatic N) is 4. The number of ether oxygens (including phenoxy) is 3. The average molecular weight is 607 g/mol. The summed E-state index contributed by atoms with van der Waals surface area (Å²) in [4.78, 5) is 30.3. The van der Waals surface area contributed by atoms with Gasteiger partial charge in [0.05, 0.1) is 30.8 Å². The van der Waals surface area contributed by atoms with Gasteiger partial charge < -0.3 is 18.8 Å². The Labute approximate surface area is 262 Å². The molecule has 0 radical (unpaired) electrons. The van der Waals surface area contributed by atoms with Gasteiger partial charge in [-0.15, -0.1) is 0 Å². The number of carbonyl (C=O) groups excluding carboxylic acids is 1. The molecule has 0 aliphatic carbocycles. The average Bonchev–Trinajstić information content (AvgIpc) is 3.31. The fourth-order valence-electron chi connectivity index (χ4n) is 5.40. The van der Waals surface area contributed by atoms with Gasteiger partial charge in [0.1, 0.15) is 11.5 Å². The van der Waals surface area contributed by atoms with Crippen LogP contribution in [0.15, 0.2) is 76.6 Å². The van der Waals surface area contributed by atoms with E-state index < -0.39 is 5.97 Å². The number of rotatable bonds is 10. The first-order chi connectivity index (χ1) is 21.6. The lowest BCUT2D eigenvalue weighted by Crippen LogP contribution is -2.21. The van der Waals surface area contributed by atoms with Gasteiger partial charge in [0.15, 0.2) is 12.4 Å². The highest BCUT2D eigenvalue weighted by molar-refractivity contribution is 5.84. The van der Waals surface area contributed by atoms with Gasteiger partial charge in [-0.3, -0.25) is 4.79 Å². The first kappa shape index (κ1) is 31.3. The van der Waals surface area contributed by atoms with Crippen LogP contribution in [0.2, 0.25) is 0 Å². The smallest absolute Gasteiger partial charge is 0.343 e. The van der Waals surface area contributed by atoms with Crippen molar-refractivity contribution in [2.75, 3.05) is 20.3 Å². The molecule has 0 spiro atoms. The van der Waals surface area contributed by atoms with Gasteiger partial charge in [-0.25, -0.2) is 9.78 Å². The highest BCUT2D eigenvalue weighted by Crippen LogP contribution is 2.34. The lowest BCUT2D eigenvalue weighted by atomic mass is 9.96. The van der Waals surface area contributed by atoms with Crippen molar-refractivity contribution in [1.82, 2.24) is 14.2 Å². The summed E-state index contributed by atoms with van der Waals surface area (Å²) in [7, 11) is 1.32. The van der Waals surface area contributed by atoms with Gasteiger partial charge in [-0.2, -0.15) is 9.78 Å². The lowest BCUT2D eigenvalue weighted by molar-refractivity contribution is -0.142. The molecule has 9 heteroatoms. The van der Waals surface area contributed by atoms with E-state index in [4.69, 9.17) is 19.6 Å². The molecule has 0 aliphatic rings. The highest BCUT2D eigenvalue weighted by atomic mass is 16.6. The fourth-order valence-corrected chi connectivity index (χ4v) is 5.40. The number of benzene rings is 3. The first-order valence-electron chi connectivity index (χ1n) is 15.0. The molecule has 0 unspecified atom stereocenters. The van der Waals surface area contributed by atoms with E-state index in [0.29, 0.717) is 29.1 Å². The van der Waals surface area contributed by atoms with E-state index in [2.05, 4.69) is 29.2 Å². The number of aryl methyl sites for hydroxylation is 2. The predicted octanol–water partition coefficient (Wildman–Crippen LogP) is 6.74. The molecule has 0 atom stereocenters. The molecule has 5 aromatic rings. The predicted molar refractivity (Wildman–Crippen MR) is 177 cm³/mol. The van der Waals surface area contributed by atoms with Crippen LogP contribution < -0.4 is 15.0 Å². The van der Waals surface area contributed by atoms with Crippen LogP contribution in [0.1, 0.15) is 54.8 Å². The Morgan fingerprint density at radius 3 is 2.42 bits per heavy atom. The number of carbonyl (C=O) groups is 1. The van der Waals surface area contributed by atoms with Crippen molar-refractivity contribution in [3.63, 3.8) is 0 Å². The molecule has 5 rings (SSSR count). The second kappa shape index (κ2) is 13.2. The van der Waals surface area contributed by atoms with E-state index in [-0.39, 0.29) is 18.1 Å². The molecule has 3 aromatic carbocycles. The maximum Gasteiger partial charge on any atom is 0.343 e. The second-order valence-electron chi connectivity index (χ2n) is 11.1. The van der Waals surface area contributed by atoms with Crippen LogP contribution in [0.25, 0.3) is 28.0 Å². The summed E-state index contributed by atoms with van der Waals surface area (Å²) < 4.78 is 19.6. The number of para-hydroxylation sites is 1. The van der Waals surface area contributed by atoms with Crippen molar-refractivity contribution in [2.45, 2.75) is 47.5 Å². The van der Waals surface area contributed by atoms with Crippen molar-refractivity contribution in [3.8, 4) is 28.6 Å². The van der Waals surface area contributed by atoms with Crippen molar-refractivity contribution in [1.29, 1.82) is 0 Å². The summed E-state index contributed by atoms with van der Waals surface area (Å²) in [5.41, 5.74) is 6.88. The Morgan fingerprint density at radius 2 is 1.73 bits per heavy atom.